The van der Waals surface area contributed by atoms with Crippen LogP contribution in [0.2, 0.25) is 0 Å². The van der Waals surface area contributed by atoms with Crippen molar-refractivity contribution in [2.24, 2.45) is 0 Å². The van der Waals surface area contributed by atoms with E-state index in [0.29, 0.717) is 25.4 Å². The SMILES string of the molecule is CN(Cc1ccccc1N1CCCC1)C(=O)NCCCCOc1ccc(F)cc1. The van der Waals surface area contributed by atoms with Gasteiger partial charge in [-0.15, -0.1) is 0 Å². The number of nitrogens with zero attached hydrogens (tertiary/aromatic N) is 2. The van der Waals surface area contributed by atoms with Gasteiger partial charge in [0.05, 0.1) is 6.61 Å². The maximum Gasteiger partial charge on any atom is 0.317 e. The van der Waals surface area contributed by atoms with Gasteiger partial charge in [-0.05, 0) is 61.6 Å². The first kappa shape index (κ1) is 21.0. The Labute approximate surface area is 172 Å². The zero-order chi connectivity index (χ0) is 20.5. The van der Waals surface area contributed by atoms with Crippen molar-refractivity contribution in [3.63, 3.8) is 0 Å². The fourth-order valence-electron chi connectivity index (χ4n) is 3.52. The molecule has 2 aromatic rings. The fraction of sp³-hybridized carbons (Fsp3) is 0.435. The number of urea groups is 1. The van der Waals surface area contributed by atoms with E-state index < -0.39 is 0 Å². The average molecular weight is 400 g/mol. The van der Waals surface area contributed by atoms with Crippen LogP contribution in [0, 0.1) is 5.82 Å². The van der Waals surface area contributed by atoms with E-state index in [4.69, 9.17) is 4.74 Å². The average Bonchev–Trinajstić information content (AvgIpc) is 3.27. The van der Waals surface area contributed by atoms with E-state index in [-0.39, 0.29) is 11.8 Å². The lowest BCUT2D eigenvalue weighted by Crippen LogP contribution is -2.37. The molecule has 5 nitrogen and oxygen atoms in total. The lowest BCUT2D eigenvalue weighted by molar-refractivity contribution is 0.206. The number of unbranched alkanes of at least 4 members (excludes halogenated alkanes) is 1. The van der Waals surface area contributed by atoms with Crippen molar-refractivity contribution in [1.82, 2.24) is 10.2 Å². The first-order valence-electron chi connectivity index (χ1n) is 10.3. The molecule has 6 heteroatoms. The highest BCUT2D eigenvalue weighted by atomic mass is 19.1. The third kappa shape index (κ3) is 6.38. The summed E-state index contributed by atoms with van der Waals surface area (Å²) < 4.78 is 18.4. The third-order valence-corrected chi connectivity index (χ3v) is 5.12. The summed E-state index contributed by atoms with van der Waals surface area (Å²) in [5, 5.41) is 2.97. The van der Waals surface area contributed by atoms with E-state index in [1.807, 2.05) is 13.1 Å². The van der Waals surface area contributed by atoms with Crippen LogP contribution in [0.25, 0.3) is 0 Å². The van der Waals surface area contributed by atoms with E-state index in [0.717, 1.165) is 25.9 Å². The van der Waals surface area contributed by atoms with E-state index in [1.54, 1.807) is 17.0 Å². The molecule has 0 aromatic heterocycles. The molecule has 1 heterocycles. The van der Waals surface area contributed by atoms with Gasteiger partial charge in [-0.25, -0.2) is 9.18 Å². The van der Waals surface area contributed by atoms with E-state index >= 15 is 0 Å². The summed E-state index contributed by atoms with van der Waals surface area (Å²) in [6.45, 7) is 3.91. The summed E-state index contributed by atoms with van der Waals surface area (Å²) in [4.78, 5) is 16.5. The molecular formula is C23H30FN3O2. The number of nitrogens with one attached hydrogen (secondary N) is 1. The van der Waals surface area contributed by atoms with Crippen LogP contribution in [0.15, 0.2) is 48.5 Å². The van der Waals surface area contributed by atoms with Crippen molar-refractivity contribution in [2.75, 3.05) is 38.2 Å². The van der Waals surface area contributed by atoms with Crippen molar-refractivity contribution in [1.29, 1.82) is 0 Å². The number of para-hydroxylation sites is 1. The summed E-state index contributed by atoms with van der Waals surface area (Å²) in [5.74, 6) is 0.388. The molecular weight excluding hydrogens is 369 g/mol. The van der Waals surface area contributed by atoms with E-state index in [2.05, 4.69) is 28.4 Å². The molecule has 0 radical (unpaired) electrons. The van der Waals surface area contributed by atoms with Gasteiger partial charge in [0.1, 0.15) is 11.6 Å². The Balaban J connectivity index is 1.36. The third-order valence-electron chi connectivity index (χ3n) is 5.12. The van der Waals surface area contributed by atoms with Gasteiger partial charge in [-0.3, -0.25) is 0 Å². The lowest BCUT2D eigenvalue weighted by Gasteiger charge is -2.24. The smallest absolute Gasteiger partial charge is 0.317 e. The summed E-state index contributed by atoms with van der Waals surface area (Å²) in [6, 6.07) is 14.3. The van der Waals surface area contributed by atoms with Crippen LogP contribution >= 0.6 is 0 Å². The van der Waals surface area contributed by atoms with Gasteiger partial charge >= 0.3 is 6.03 Å². The summed E-state index contributed by atoms with van der Waals surface area (Å²) in [5.41, 5.74) is 2.42. The molecule has 29 heavy (non-hydrogen) atoms. The van der Waals surface area contributed by atoms with Gasteiger partial charge in [-0.2, -0.15) is 0 Å². The van der Waals surface area contributed by atoms with Crippen molar-refractivity contribution < 1.29 is 13.9 Å². The monoisotopic (exact) mass is 399 g/mol. The number of ether oxygens (including phenoxy) is 1. The van der Waals surface area contributed by atoms with Crippen LogP contribution in [-0.4, -0.2) is 44.2 Å². The molecule has 0 atom stereocenters. The predicted molar refractivity (Wildman–Crippen MR) is 114 cm³/mol. The van der Waals surface area contributed by atoms with Gasteiger partial charge in [0.25, 0.3) is 0 Å². The maximum atomic E-state index is 12.9. The van der Waals surface area contributed by atoms with Crippen LogP contribution in [-0.2, 0) is 6.54 Å². The number of amides is 2. The zero-order valence-corrected chi connectivity index (χ0v) is 17.1. The minimum absolute atomic E-state index is 0.0688. The molecule has 0 bridgehead atoms. The van der Waals surface area contributed by atoms with Crippen LogP contribution in [0.3, 0.4) is 0 Å². The Bertz CT molecular complexity index is 776. The van der Waals surface area contributed by atoms with Crippen molar-refractivity contribution in [3.8, 4) is 5.75 Å². The Kier molecular flexibility index (Phi) is 7.73. The van der Waals surface area contributed by atoms with Gasteiger partial charge < -0.3 is 19.9 Å². The van der Waals surface area contributed by atoms with Crippen LogP contribution in [0.5, 0.6) is 5.75 Å². The molecule has 1 fully saturated rings. The lowest BCUT2D eigenvalue weighted by atomic mass is 10.1. The molecule has 0 unspecified atom stereocenters. The second-order valence-electron chi connectivity index (χ2n) is 7.42. The molecule has 0 aliphatic carbocycles. The number of benzene rings is 2. The van der Waals surface area contributed by atoms with Crippen LogP contribution in [0.4, 0.5) is 14.9 Å². The summed E-state index contributed by atoms with van der Waals surface area (Å²) in [6.07, 6.45) is 4.11. The van der Waals surface area contributed by atoms with Crippen LogP contribution in [0.1, 0.15) is 31.2 Å². The molecule has 0 saturated carbocycles. The van der Waals surface area contributed by atoms with Crippen molar-refractivity contribution in [2.45, 2.75) is 32.2 Å². The topological polar surface area (TPSA) is 44.8 Å². The molecule has 1 aliphatic rings. The quantitative estimate of drug-likeness (QED) is 0.635. The number of carbonyl (C=O) groups is 1. The largest absolute Gasteiger partial charge is 0.494 e. The number of anilines is 1. The van der Waals surface area contributed by atoms with Crippen LogP contribution < -0.4 is 15.0 Å². The van der Waals surface area contributed by atoms with Gasteiger partial charge in [0, 0.05) is 38.9 Å². The van der Waals surface area contributed by atoms with Crippen molar-refractivity contribution >= 4 is 11.7 Å². The zero-order valence-electron chi connectivity index (χ0n) is 17.1. The number of hydrogen-bond donors (Lipinski definition) is 1. The Morgan fingerprint density at radius 3 is 2.59 bits per heavy atom. The molecule has 1 N–H and O–H groups in total. The van der Waals surface area contributed by atoms with Gasteiger partial charge in [0.15, 0.2) is 0 Å². The minimum Gasteiger partial charge on any atom is -0.494 e. The van der Waals surface area contributed by atoms with Gasteiger partial charge in [-0.1, -0.05) is 18.2 Å². The minimum atomic E-state index is -0.271. The van der Waals surface area contributed by atoms with Gasteiger partial charge in [0.2, 0.25) is 0 Å². The second kappa shape index (κ2) is 10.7. The van der Waals surface area contributed by atoms with E-state index in [1.165, 1.54) is 36.2 Å². The van der Waals surface area contributed by atoms with Crippen molar-refractivity contribution in [3.05, 3.63) is 59.9 Å². The fourth-order valence-corrected chi connectivity index (χ4v) is 3.52. The first-order valence-corrected chi connectivity index (χ1v) is 10.3. The highest BCUT2D eigenvalue weighted by molar-refractivity contribution is 5.74. The Morgan fingerprint density at radius 1 is 1.10 bits per heavy atom. The molecule has 3 rings (SSSR count). The normalized spacial score (nSPS) is 13.4. The standard InChI is InChI=1S/C23H30FN3O2/c1-26(18-19-8-2-3-9-22(19)27-15-5-6-16-27)23(28)25-14-4-7-17-29-21-12-10-20(24)11-13-21/h2-3,8-13H,4-7,14-18H2,1H3,(H,25,28). The number of halogens is 1. The molecule has 1 saturated heterocycles. The molecule has 1 aliphatic heterocycles. The number of rotatable bonds is 9. The predicted octanol–water partition coefficient (Wildman–Crippen LogP) is 4.43. The Morgan fingerprint density at radius 2 is 1.83 bits per heavy atom. The molecule has 156 valence electrons. The number of hydrogen-bond acceptors (Lipinski definition) is 3. The second-order valence-corrected chi connectivity index (χ2v) is 7.42. The number of carbonyl (C=O) groups excluding carboxylic acids is 1. The first-order chi connectivity index (χ1) is 14.1. The molecule has 0 spiro atoms. The molecule has 2 amide bonds. The highest BCUT2D eigenvalue weighted by Crippen LogP contribution is 2.25. The summed E-state index contributed by atoms with van der Waals surface area (Å²) in [7, 11) is 1.83. The summed E-state index contributed by atoms with van der Waals surface area (Å²) >= 11 is 0. The van der Waals surface area contributed by atoms with E-state index in [9.17, 15) is 9.18 Å². The highest BCUT2D eigenvalue weighted by Gasteiger charge is 2.17. The Hall–Kier alpha value is -2.76. The maximum absolute atomic E-state index is 12.9. The molecule has 2 aromatic carbocycles.